The Morgan fingerprint density at radius 1 is 1.42 bits per heavy atom. The number of aliphatic hydroxyl groups excluding tert-OH is 1. The molecule has 0 amide bonds. The highest BCUT2D eigenvalue weighted by Gasteiger charge is 2.33. The molecule has 1 aromatic carbocycles. The number of hydrogen-bond donors (Lipinski definition) is 2. The standard InChI is InChI=1S/C16H25NO2/c1-12(7-6-10-18)17-14-11-16(2,3)19-15-9-5-4-8-13(14)15/h4-5,8-9,12,14,17-18H,6-7,10-11H2,1-3H3. The Balaban J connectivity index is 2.11. The Hall–Kier alpha value is -1.06. The van der Waals surface area contributed by atoms with Crippen LogP contribution in [0.4, 0.5) is 0 Å². The summed E-state index contributed by atoms with van der Waals surface area (Å²) in [5, 5.41) is 12.6. The van der Waals surface area contributed by atoms with Gasteiger partial charge in [0.05, 0.1) is 0 Å². The average molecular weight is 263 g/mol. The first-order valence-electron chi connectivity index (χ1n) is 7.17. The minimum absolute atomic E-state index is 0.136. The molecule has 2 unspecified atom stereocenters. The van der Waals surface area contributed by atoms with Crippen molar-refractivity contribution in [1.82, 2.24) is 5.32 Å². The molecule has 106 valence electrons. The molecule has 0 saturated carbocycles. The fraction of sp³-hybridized carbons (Fsp3) is 0.625. The third kappa shape index (κ3) is 3.71. The number of nitrogens with one attached hydrogen (secondary N) is 1. The molecule has 0 fully saturated rings. The Kier molecular flexibility index (Phi) is 4.48. The van der Waals surface area contributed by atoms with Gasteiger partial charge in [0.1, 0.15) is 11.4 Å². The van der Waals surface area contributed by atoms with Crippen LogP contribution in [0, 0.1) is 0 Å². The molecule has 3 nitrogen and oxygen atoms in total. The molecule has 2 rings (SSSR count). The number of hydrogen-bond acceptors (Lipinski definition) is 3. The molecule has 0 radical (unpaired) electrons. The molecule has 1 aliphatic heterocycles. The predicted molar refractivity (Wildman–Crippen MR) is 77.4 cm³/mol. The van der Waals surface area contributed by atoms with Gasteiger partial charge in [0, 0.05) is 30.7 Å². The Labute approximate surface area is 116 Å². The monoisotopic (exact) mass is 263 g/mol. The minimum Gasteiger partial charge on any atom is -0.487 e. The topological polar surface area (TPSA) is 41.5 Å². The van der Waals surface area contributed by atoms with Crippen molar-refractivity contribution in [1.29, 1.82) is 0 Å². The normalized spacial score (nSPS) is 22.4. The SMILES string of the molecule is CC(CCCO)NC1CC(C)(C)Oc2ccccc21. The maximum absolute atomic E-state index is 8.91. The molecule has 0 bridgehead atoms. The smallest absolute Gasteiger partial charge is 0.124 e. The van der Waals surface area contributed by atoms with E-state index in [1.54, 1.807) is 0 Å². The molecule has 0 aliphatic carbocycles. The van der Waals surface area contributed by atoms with Crippen LogP contribution in [0.1, 0.15) is 51.6 Å². The first-order valence-corrected chi connectivity index (χ1v) is 7.17. The van der Waals surface area contributed by atoms with E-state index in [0.29, 0.717) is 12.1 Å². The van der Waals surface area contributed by atoms with Crippen molar-refractivity contribution in [3.05, 3.63) is 29.8 Å². The lowest BCUT2D eigenvalue weighted by Crippen LogP contribution is -2.42. The van der Waals surface area contributed by atoms with Gasteiger partial charge in [0.25, 0.3) is 0 Å². The number of fused-ring (bicyclic) bond motifs is 1. The zero-order valence-corrected chi connectivity index (χ0v) is 12.1. The van der Waals surface area contributed by atoms with Crippen LogP contribution in [0.15, 0.2) is 24.3 Å². The maximum atomic E-state index is 8.91. The van der Waals surface area contributed by atoms with E-state index in [-0.39, 0.29) is 12.2 Å². The first kappa shape index (κ1) is 14.4. The summed E-state index contributed by atoms with van der Waals surface area (Å²) < 4.78 is 6.03. The lowest BCUT2D eigenvalue weighted by Gasteiger charge is -2.39. The molecule has 0 saturated heterocycles. The highest BCUT2D eigenvalue weighted by Crippen LogP contribution is 2.39. The predicted octanol–water partition coefficient (Wildman–Crippen LogP) is 3.04. The maximum Gasteiger partial charge on any atom is 0.124 e. The molecule has 1 heterocycles. The van der Waals surface area contributed by atoms with Crippen molar-refractivity contribution in [2.45, 2.75) is 57.7 Å². The molecule has 2 N–H and O–H groups in total. The Morgan fingerprint density at radius 3 is 2.89 bits per heavy atom. The number of para-hydroxylation sites is 1. The molecule has 0 spiro atoms. The zero-order chi connectivity index (χ0) is 13.9. The molecule has 1 aliphatic rings. The van der Waals surface area contributed by atoms with Gasteiger partial charge in [-0.3, -0.25) is 0 Å². The number of aliphatic hydroxyl groups is 1. The van der Waals surface area contributed by atoms with Gasteiger partial charge in [0.15, 0.2) is 0 Å². The Morgan fingerprint density at radius 2 is 2.16 bits per heavy atom. The number of benzene rings is 1. The summed E-state index contributed by atoms with van der Waals surface area (Å²) in [6.07, 6.45) is 2.81. The van der Waals surface area contributed by atoms with Crippen molar-refractivity contribution in [2.24, 2.45) is 0 Å². The molecule has 3 heteroatoms. The van der Waals surface area contributed by atoms with Crippen LogP contribution in [0.5, 0.6) is 5.75 Å². The van der Waals surface area contributed by atoms with Crippen molar-refractivity contribution in [3.63, 3.8) is 0 Å². The molecule has 19 heavy (non-hydrogen) atoms. The van der Waals surface area contributed by atoms with E-state index in [2.05, 4.69) is 38.2 Å². The van der Waals surface area contributed by atoms with E-state index in [1.165, 1.54) is 5.56 Å². The first-order chi connectivity index (χ1) is 9.02. The highest BCUT2D eigenvalue weighted by molar-refractivity contribution is 5.38. The molecule has 1 aromatic rings. The summed E-state index contributed by atoms with van der Waals surface area (Å²) in [6.45, 7) is 6.72. The van der Waals surface area contributed by atoms with Gasteiger partial charge in [-0.15, -0.1) is 0 Å². The number of rotatable bonds is 5. The largest absolute Gasteiger partial charge is 0.487 e. The summed E-state index contributed by atoms with van der Waals surface area (Å²) in [5.41, 5.74) is 1.11. The summed E-state index contributed by atoms with van der Waals surface area (Å²) in [6, 6.07) is 9.00. The quantitative estimate of drug-likeness (QED) is 0.858. The summed E-state index contributed by atoms with van der Waals surface area (Å²) in [5.74, 6) is 0.991. The van der Waals surface area contributed by atoms with Crippen LogP contribution in [0.2, 0.25) is 0 Å². The summed E-state index contributed by atoms with van der Waals surface area (Å²) >= 11 is 0. The van der Waals surface area contributed by atoms with E-state index in [0.717, 1.165) is 25.0 Å². The minimum atomic E-state index is -0.136. The van der Waals surface area contributed by atoms with Crippen LogP contribution >= 0.6 is 0 Å². The zero-order valence-electron chi connectivity index (χ0n) is 12.1. The van der Waals surface area contributed by atoms with Gasteiger partial charge in [-0.25, -0.2) is 0 Å². The van der Waals surface area contributed by atoms with E-state index in [9.17, 15) is 0 Å². The van der Waals surface area contributed by atoms with E-state index >= 15 is 0 Å². The highest BCUT2D eigenvalue weighted by atomic mass is 16.5. The van der Waals surface area contributed by atoms with E-state index < -0.39 is 0 Å². The van der Waals surface area contributed by atoms with Crippen LogP contribution in [0.25, 0.3) is 0 Å². The second-order valence-corrected chi connectivity index (χ2v) is 6.09. The summed E-state index contributed by atoms with van der Waals surface area (Å²) in [4.78, 5) is 0. The lowest BCUT2D eigenvalue weighted by atomic mass is 9.89. The van der Waals surface area contributed by atoms with Gasteiger partial charge in [-0.1, -0.05) is 18.2 Å². The van der Waals surface area contributed by atoms with Gasteiger partial charge in [-0.2, -0.15) is 0 Å². The fourth-order valence-electron chi connectivity index (χ4n) is 2.78. The number of ether oxygens (including phenoxy) is 1. The second kappa shape index (κ2) is 5.93. The van der Waals surface area contributed by atoms with Crippen molar-refractivity contribution >= 4 is 0 Å². The van der Waals surface area contributed by atoms with Crippen LogP contribution in [0.3, 0.4) is 0 Å². The van der Waals surface area contributed by atoms with Crippen LogP contribution in [-0.2, 0) is 0 Å². The van der Waals surface area contributed by atoms with Gasteiger partial charge in [-0.05, 0) is 39.7 Å². The van der Waals surface area contributed by atoms with Crippen molar-refractivity contribution in [3.8, 4) is 5.75 Å². The molecule has 2 atom stereocenters. The van der Waals surface area contributed by atoms with E-state index in [1.807, 2.05) is 12.1 Å². The third-order valence-corrected chi connectivity index (χ3v) is 3.66. The molecule has 0 aromatic heterocycles. The van der Waals surface area contributed by atoms with Gasteiger partial charge >= 0.3 is 0 Å². The third-order valence-electron chi connectivity index (χ3n) is 3.66. The van der Waals surface area contributed by atoms with Crippen molar-refractivity contribution < 1.29 is 9.84 Å². The van der Waals surface area contributed by atoms with Gasteiger partial charge < -0.3 is 15.2 Å². The fourth-order valence-corrected chi connectivity index (χ4v) is 2.78. The van der Waals surface area contributed by atoms with Crippen molar-refractivity contribution in [2.75, 3.05) is 6.61 Å². The summed E-state index contributed by atoms with van der Waals surface area (Å²) in [7, 11) is 0. The van der Waals surface area contributed by atoms with Crippen LogP contribution in [-0.4, -0.2) is 23.4 Å². The lowest BCUT2D eigenvalue weighted by molar-refractivity contribution is 0.0636. The average Bonchev–Trinajstić information content (AvgIpc) is 2.35. The molecular formula is C16H25NO2. The molecular weight excluding hydrogens is 238 g/mol. The van der Waals surface area contributed by atoms with Crippen LogP contribution < -0.4 is 10.1 Å². The van der Waals surface area contributed by atoms with E-state index in [4.69, 9.17) is 9.84 Å². The Bertz CT molecular complexity index is 417. The second-order valence-electron chi connectivity index (χ2n) is 6.09. The van der Waals surface area contributed by atoms with Gasteiger partial charge in [0.2, 0.25) is 0 Å².